The molecule has 0 unspecified atom stereocenters. The number of nitrogens with zero attached hydrogens (tertiary/aromatic N) is 2. The van der Waals surface area contributed by atoms with Gasteiger partial charge in [-0.25, -0.2) is 4.79 Å². The first kappa shape index (κ1) is 15.4. The molecule has 7 heteroatoms. The van der Waals surface area contributed by atoms with E-state index in [0.717, 1.165) is 16.9 Å². The van der Waals surface area contributed by atoms with Gasteiger partial charge in [0.25, 0.3) is 0 Å². The summed E-state index contributed by atoms with van der Waals surface area (Å²) in [6.45, 7) is 0. The molecule has 0 aromatic rings. The molecule has 0 spiro atoms. The number of carboxylic acids is 1. The monoisotopic (exact) mass is 282 g/mol. The van der Waals surface area contributed by atoms with Crippen molar-refractivity contribution < 1.29 is 23.1 Å². The van der Waals surface area contributed by atoms with Crippen molar-refractivity contribution in [2.75, 3.05) is 0 Å². The maximum atomic E-state index is 10.6. The van der Waals surface area contributed by atoms with Crippen molar-refractivity contribution in [2.45, 2.75) is 12.6 Å². The van der Waals surface area contributed by atoms with Crippen molar-refractivity contribution in [1.82, 2.24) is 0 Å². The molecule has 0 radical (unpaired) electrons. The standard InChI is InChI=1S/C11H8N2.C2HF3O2/c12-8-9-4-5-10-3-1-2-6-13-11(10)7-9;3-2(4,5)1(6)7/h1-6H,7H2;(H,6,7). The van der Waals surface area contributed by atoms with E-state index in [0.29, 0.717) is 6.42 Å². The molecule has 2 aliphatic rings. The van der Waals surface area contributed by atoms with Crippen LogP contribution < -0.4 is 0 Å². The first-order chi connectivity index (χ1) is 9.34. The van der Waals surface area contributed by atoms with Gasteiger partial charge in [-0.2, -0.15) is 18.4 Å². The van der Waals surface area contributed by atoms with Crippen LogP contribution in [0.4, 0.5) is 13.2 Å². The van der Waals surface area contributed by atoms with Crippen molar-refractivity contribution in [3.8, 4) is 6.07 Å². The predicted octanol–water partition coefficient (Wildman–Crippen LogP) is 2.92. The molecule has 0 saturated heterocycles. The Labute approximate surface area is 112 Å². The van der Waals surface area contributed by atoms with Crippen molar-refractivity contribution in [3.63, 3.8) is 0 Å². The second kappa shape index (κ2) is 6.52. The summed E-state index contributed by atoms with van der Waals surface area (Å²) >= 11 is 0. The Kier molecular flexibility index (Phi) is 5.03. The molecule has 0 aromatic carbocycles. The number of halogens is 3. The van der Waals surface area contributed by atoms with Gasteiger partial charge in [0.2, 0.25) is 0 Å². The van der Waals surface area contributed by atoms with E-state index >= 15 is 0 Å². The smallest absolute Gasteiger partial charge is 0.475 e. The number of aliphatic carboxylic acids is 1. The molecule has 104 valence electrons. The van der Waals surface area contributed by atoms with Gasteiger partial charge in [-0.05, 0) is 17.7 Å². The van der Waals surface area contributed by atoms with Crippen LogP contribution in [0.5, 0.6) is 0 Å². The minimum Gasteiger partial charge on any atom is -0.475 e. The highest BCUT2D eigenvalue weighted by molar-refractivity contribution is 6.06. The number of carboxylic acid groups (broad SMARTS) is 1. The minimum atomic E-state index is -5.08. The van der Waals surface area contributed by atoms with Crippen LogP contribution >= 0.6 is 0 Å². The van der Waals surface area contributed by atoms with Gasteiger partial charge in [0, 0.05) is 18.2 Å². The number of allylic oxidation sites excluding steroid dienone is 7. The Hall–Kier alpha value is -2.62. The highest BCUT2D eigenvalue weighted by atomic mass is 19.4. The molecule has 1 aliphatic heterocycles. The molecule has 1 aliphatic carbocycles. The average Bonchev–Trinajstić information content (AvgIpc) is 2.62. The summed E-state index contributed by atoms with van der Waals surface area (Å²) in [5, 5.41) is 15.8. The van der Waals surface area contributed by atoms with E-state index in [2.05, 4.69) is 11.1 Å². The predicted molar refractivity (Wildman–Crippen MR) is 65.8 cm³/mol. The Morgan fingerprint density at radius 3 is 2.55 bits per heavy atom. The highest BCUT2D eigenvalue weighted by Crippen LogP contribution is 2.18. The van der Waals surface area contributed by atoms with Crippen LogP contribution in [0.3, 0.4) is 0 Å². The number of nitriles is 1. The van der Waals surface area contributed by atoms with E-state index in [9.17, 15) is 13.2 Å². The molecule has 0 saturated carbocycles. The first-order valence-electron chi connectivity index (χ1n) is 5.36. The Balaban J connectivity index is 0.000000246. The lowest BCUT2D eigenvalue weighted by Crippen LogP contribution is -2.21. The molecule has 0 atom stereocenters. The maximum absolute atomic E-state index is 10.6. The average molecular weight is 282 g/mol. The number of aliphatic imine (C=N–C) groups is 1. The first-order valence-corrected chi connectivity index (χ1v) is 5.36. The molecule has 0 amide bonds. The second-order valence-corrected chi connectivity index (χ2v) is 3.68. The number of fused-ring (bicyclic) bond motifs is 1. The zero-order valence-electron chi connectivity index (χ0n) is 10.1. The lowest BCUT2D eigenvalue weighted by Gasteiger charge is -2.08. The van der Waals surface area contributed by atoms with Gasteiger partial charge in [0.05, 0.1) is 11.8 Å². The van der Waals surface area contributed by atoms with Crippen LogP contribution in [0.25, 0.3) is 0 Å². The third kappa shape index (κ3) is 4.57. The maximum Gasteiger partial charge on any atom is 0.490 e. The van der Waals surface area contributed by atoms with Crippen LogP contribution in [0, 0.1) is 11.3 Å². The van der Waals surface area contributed by atoms with Gasteiger partial charge in [-0.3, -0.25) is 4.99 Å². The van der Waals surface area contributed by atoms with Crippen LogP contribution in [0.2, 0.25) is 0 Å². The summed E-state index contributed by atoms with van der Waals surface area (Å²) in [6, 6.07) is 2.14. The van der Waals surface area contributed by atoms with Crippen LogP contribution in [0.15, 0.2) is 52.7 Å². The van der Waals surface area contributed by atoms with E-state index in [-0.39, 0.29) is 0 Å². The third-order valence-electron chi connectivity index (χ3n) is 2.24. The topological polar surface area (TPSA) is 73.5 Å². The normalized spacial score (nSPS) is 16.4. The summed E-state index contributed by atoms with van der Waals surface area (Å²) in [4.78, 5) is 13.2. The SMILES string of the molecule is N#CC1=CC=C2C=CC=CN=C2C1.O=C(O)C(F)(F)F. The van der Waals surface area contributed by atoms with Crippen molar-refractivity contribution in [3.05, 3.63) is 47.7 Å². The molecular weight excluding hydrogens is 273 g/mol. The molecule has 20 heavy (non-hydrogen) atoms. The molecule has 0 bridgehead atoms. The van der Waals surface area contributed by atoms with Crippen molar-refractivity contribution >= 4 is 11.7 Å². The lowest BCUT2D eigenvalue weighted by atomic mass is 9.97. The summed E-state index contributed by atoms with van der Waals surface area (Å²) in [6.07, 6.45) is 6.96. The van der Waals surface area contributed by atoms with Gasteiger partial charge in [0.1, 0.15) is 0 Å². The van der Waals surface area contributed by atoms with E-state index in [1.807, 2.05) is 30.4 Å². The van der Waals surface area contributed by atoms with Crippen molar-refractivity contribution in [2.24, 2.45) is 4.99 Å². The fourth-order valence-corrected chi connectivity index (χ4v) is 1.32. The Bertz CT molecular complexity index is 588. The van der Waals surface area contributed by atoms with Crippen LogP contribution in [-0.4, -0.2) is 23.0 Å². The van der Waals surface area contributed by atoms with E-state index < -0.39 is 12.1 Å². The molecule has 4 nitrogen and oxygen atoms in total. The molecule has 0 aromatic heterocycles. The fraction of sp³-hybridized carbons (Fsp3) is 0.154. The summed E-state index contributed by atoms with van der Waals surface area (Å²) in [5.41, 5.74) is 2.85. The largest absolute Gasteiger partial charge is 0.490 e. The lowest BCUT2D eigenvalue weighted by molar-refractivity contribution is -0.192. The summed E-state index contributed by atoms with van der Waals surface area (Å²) in [5.74, 6) is -2.76. The zero-order valence-corrected chi connectivity index (χ0v) is 10.1. The Morgan fingerprint density at radius 2 is 2.00 bits per heavy atom. The van der Waals surface area contributed by atoms with Crippen LogP contribution in [-0.2, 0) is 4.79 Å². The van der Waals surface area contributed by atoms with Crippen molar-refractivity contribution in [1.29, 1.82) is 5.26 Å². The quantitative estimate of drug-likeness (QED) is 0.742. The van der Waals surface area contributed by atoms with Gasteiger partial charge in [-0.15, -0.1) is 0 Å². The van der Waals surface area contributed by atoms with Gasteiger partial charge < -0.3 is 5.11 Å². The van der Waals surface area contributed by atoms with Crippen LogP contribution in [0.1, 0.15) is 6.42 Å². The fourth-order valence-electron chi connectivity index (χ4n) is 1.32. The van der Waals surface area contributed by atoms with E-state index in [1.54, 1.807) is 6.20 Å². The number of hydrogen-bond donors (Lipinski definition) is 1. The molecular formula is C13H9F3N2O2. The third-order valence-corrected chi connectivity index (χ3v) is 2.24. The minimum absolute atomic E-state index is 0.650. The van der Waals surface area contributed by atoms with Gasteiger partial charge in [-0.1, -0.05) is 18.2 Å². The second-order valence-electron chi connectivity index (χ2n) is 3.68. The number of rotatable bonds is 0. The molecule has 1 N–H and O–H groups in total. The molecule has 0 fully saturated rings. The zero-order chi connectivity index (χ0) is 15.2. The number of hydrogen-bond acceptors (Lipinski definition) is 3. The number of alkyl halides is 3. The van der Waals surface area contributed by atoms with Gasteiger partial charge >= 0.3 is 12.1 Å². The molecule has 2 rings (SSSR count). The Morgan fingerprint density at radius 1 is 1.35 bits per heavy atom. The van der Waals surface area contributed by atoms with E-state index in [1.165, 1.54) is 0 Å². The highest BCUT2D eigenvalue weighted by Gasteiger charge is 2.38. The summed E-state index contributed by atoms with van der Waals surface area (Å²) in [7, 11) is 0. The number of carbonyl (C=O) groups is 1. The molecule has 1 heterocycles. The summed E-state index contributed by atoms with van der Waals surface area (Å²) < 4.78 is 31.7. The van der Waals surface area contributed by atoms with Gasteiger partial charge in [0.15, 0.2) is 0 Å². The van der Waals surface area contributed by atoms with E-state index in [4.69, 9.17) is 15.2 Å².